The molecular weight excluding hydrogens is 419 g/mol. The number of aryl methyl sites for hydroxylation is 1. The second-order valence-corrected chi connectivity index (χ2v) is 8.31. The molecule has 4 rings (SSSR count). The maximum absolute atomic E-state index is 14.1. The fourth-order valence-electron chi connectivity index (χ4n) is 4.41. The average molecular weight is 449 g/mol. The standard InChI is InChI=1S/C26H29FN4O2/c1-3-29-13-14-31(26(33)24-16-28-18-30(24)4-2)17-21(25(29)32)15-19-9-11-20(12-10-19)22-7-5-6-8-23(22)27/h5-12,16,18,21H,3-4,13-15,17H2,1-2H3/t21-/m1/s1. The van der Waals surface area contributed by atoms with Gasteiger partial charge in [0.05, 0.1) is 18.4 Å². The van der Waals surface area contributed by atoms with Gasteiger partial charge in [-0.15, -0.1) is 0 Å². The first-order valence-corrected chi connectivity index (χ1v) is 11.4. The van der Waals surface area contributed by atoms with E-state index in [0.717, 1.165) is 11.1 Å². The third-order valence-electron chi connectivity index (χ3n) is 6.30. The third-order valence-corrected chi connectivity index (χ3v) is 6.30. The number of imidazole rings is 1. The fourth-order valence-corrected chi connectivity index (χ4v) is 4.41. The van der Waals surface area contributed by atoms with Crippen molar-refractivity contribution in [3.63, 3.8) is 0 Å². The first-order valence-electron chi connectivity index (χ1n) is 11.4. The lowest BCUT2D eigenvalue weighted by molar-refractivity contribution is -0.134. The SMILES string of the molecule is CCN1CCN(C(=O)c2cncn2CC)C[C@@H](Cc2ccc(-c3ccccc3F)cc2)C1=O. The third kappa shape index (κ3) is 4.82. The van der Waals surface area contributed by atoms with Crippen LogP contribution in [0.2, 0.25) is 0 Å². The van der Waals surface area contributed by atoms with Crippen LogP contribution < -0.4 is 0 Å². The molecule has 1 aliphatic heterocycles. The van der Waals surface area contributed by atoms with E-state index in [9.17, 15) is 14.0 Å². The molecule has 0 bridgehead atoms. The Morgan fingerprint density at radius 2 is 1.82 bits per heavy atom. The second-order valence-electron chi connectivity index (χ2n) is 8.31. The van der Waals surface area contributed by atoms with Gasteiger partial charge >= 0.3 is 0 Å². The molecule has 0 spiro atoms. The number of aromatic nitrogens is 2. The van der Waals surface area contributed by atoms with Crippen LogP contribution in [0.1, 0.15) is 29.9 Å². The summed E-state index contributed by atoms with van der Waals surface area (Å²) >= 11 is 0. The highest BCUT2D eigenvalue weighted by Gasteiger charge is 2.32. The highest BCUT2D eigenvalue weighted by atomic mass is 19.1. The summed E-state index contributed by atoms with van der Waals surface area (Å²) in [4.78, 5) is 34.1. The van der Waals surface area contributed by atoms with Gasteiger partial charge in [-0.3, -0.25) is 9.59 Å². The van der Waals surface area contributed by atoms with E-state index in [1.807, 2.05) is 53.6 Å². The highest BCUT2D eigenvalue weighted by molar-refractivity contribution is 5.93. The van der Waals surface area contributed by atoms with E-state index in [4.69, 9.17) is 0 Å². The van der Waals surface area contributed by atoms with Crippen molar-refractivity contribution in [3.8, 4) is 11.1 Å². The molecule has 1 aliphatic rings. The van der Waals surface area contributed by atoms with Crippen molar-refractivity contribution in [2.45, 2.75) is 26.8 Å². The molecule has 33 heavy (non-hydrogen) atoms. The lowest BCUT2D eigenvalue weighted by atomic mass is 9.95. The first kappa shape index (κ1) is 22.7. The highest BCUT2D eigenvalue weighted by Crippen LogP contribution is 2.25. The van der Waals surface area contributed by atoms with E-state index in [0.29, 0.717) is 50.4 Å². The summed E-state index contributed by atoms with van der Waals surface area (Å²) in [7, 11) is 0. The van der Waals surface area contributed by atoms with Crippen LogP contribution in [0.3, 0.4) is 0 Å². The minimum absolute atomic E-state index is 0.0648. The number of carbonyl (C=O) groups excluding carboxylic acids is 2. The van der Waals surface area contributed by atoms with Gasteiger partial charge in [0, 0.05) is 38.3 Å². The van der Waals surface area contributed by atoms with E-state index in [1.54, 1.807) is 29.6 Å². The Kier molecular flexibility index (Phi) is 6.87. The maximum atomic E-state index is 14.1. The molecule has 1 aromatic heterocycles. The van der Waals surface area contributed by atoms with Gasteiger partial charge in [0.25, 0.3) is 5.91 Å². The summed E-state index contributed by atoms with van der Waals surface area (Å²) in [6.45, 7) is 6.57. The molecule has 0 saturated carbocycles. The first-order chi connectivity index (χ1) is 16.0. The fraction of sp³-hybridized carbons (Fsp3) is 0.346. The van der Waals surface area contributed by atoms with E-state index in [1.165, 1.54) is 6.07 Å². The van der Waals surface area contributed by atoms with Crippen molar-refractivity contribution >= 4 is 11.8 Å². The molecular formula is C26H29FN4O2. The van der Waals surface area contributed by atoms with Crippen molar-refractivity contribution in [2.24, 2.45) is 5.92 Å². The van der Waals surface area contributed by atoms with Crippen molar-refractivity contribution in [3.05, 3.63) is 78.1 Å². The maximum Gasteiger partial charge on any atom is 0.272 e. The number of rotatable bonds is 6. The van der Waals surface area contributed by atoms with Gasteiger partial charge in [-0.1, -0.05) is 42.5 Å². The number of amides is 2. The molecule has 1 saturated heterocycles. The number of halogens is 1. The minimum atomic E-state index is -0.339. The van der Waals surface area contributed by atoms with Gasteiger partial charge in [-0.2, -0.15) is 0 Å². The summed E-state index contributed by atoms with van der Waals surface area (Å²) in [5.74, 6) is -0.632. The zero-order chi connectivity index (χ0) is 23.4. The summed E-state index contributed by atoms with van der Waals surface area (Å²) in [6.07, 6.45) is 3.76. The van der Waals surface area contributed by atoms with E-state index < -0.39 is 0 Å². The van der Waals surface area contributed by atoms with E-state index >= 15 is 0 Å². The average Bonchev–Trinajstić information content (AvgIpc) is 3.26. The molecule has 6 nitrogen and oxygen atoms in total. The lowest BCUT2D eigenvalue weighted by Gasteiger charge is -2.24. The Hall–Kier alpha value is -3.48. The van der Waals surface area contributed by atoms with E-state index in [2.05, 4.69) is 4.98 Å². The quantitative estimate of drug-likeness (QED) is 0.575. The van der Waals surface area contributed by atoms with Gasteiger partial charge in [-0.25, -0.2) is 9.37 Å². The van der Waals surface area contributed by atoms with Gasteiger partial charge in [0.2, 0.25) is 5.91 Å². The number of hydrogen-bond donors (Lipinski definition) is 0. The lowest BCUT2D eigenvalue weighted by Crippen LogP contribution is -2.38. The van der Waals surface area contributed by atoms with Crippen molar-refractivity contribution < 1.29 is 14.0 Å². The molecule has 2 heterocycles. The molecule has 1 atom stereocenters. The van der Waals surface area contributed by atoms with Crippen LogP contribution in [0.25, 0.3) is 11.1 Å². The van der Waals surface area contributed by atoms with Gasteiger partial charge in [0.15, 0.2) is 0 Å². The van der Waals surface area contributed by atoms with Crippen LogP contribution in [0.5, 0.6) is 0 Å². The smallest absolute Gasteiger partial charge is 0.272 e. The zero-order valence-electron chi connectivity index (χ0n) is 19.1. The predicted molar refractivity (Wildman–Crippen MR) is 125 cm³/mol. The topological polar surface area (TPSA) is 58.4 Å². The number of likely N-dealkylation sites (N-methyl/N-ethyl adjacent to an activating group) is 1. The normalized spacial score (nSPS) is 16.7. The van der Waals surface area contributed by atoms with Crippen molar-refractivity contribution in [1.82, 2.24) is 19.4 Å². The Bertz CT molecular complexity index is 1130. The Balaban J connectivity index is 1.55. The van der Waals surface area contributed by atoms with Crippen LogP contribution in [0.4, 0.5) is 4.39 Å². The number of hydrogen-bond acceptors (Lipinski definition) is 3. The predicted octanol–water partition coefficient (Wildman–Crippen LogP) is 3.87. The molecule has 2 amide bonds. The monoisotopic (exact) mass is 448 g/mol. The summed E-state index contributed by atoms with van der Waals surface area (Å²) in [5, 5.41) is 0. The Morgan fingerprint density at radius 3 is 2.52 bits per heavy atom. The molecule has 0 unspecified atom stereocenters. The zero-order valence-corrected chi connectivity index (χ0v) is 19.1. The van der Waals surface area contributed by atoms with E-state index in [-0.39, 0.29) is 23.5 Å². The van der Waals surface area contributed by atoms with Gasteiger partial charge in [0.1, 0.15) is 11.5 Å². The van der Waals surface area contributed by atoms with Crippen LogP contribution in [-0.2, 0) is 17.8 Å². The molecule has 0 aliphatic carbocycles. The van der Waals surface area contributed by atoms with Crippen molar-refractivity contribution in [2.75, 3.05) is 26.2 Å². The minimum Gasteiger partial charge on any atom is -0.341 e. The van der Waals surface area contributed by atoms with Crippen molar-refractivity contribution in [1.29, 1.82) is 0 Å². The summed E-state index contributed by atoms with van der Waals surface area (Å²) < 4.78 is 15.9. The van der Waals surface area contributed by atoms with Gasteiger partial charge in [-0.05, 0) is 37.5 Å². The Morgan fingerprint density at radius 1 is 1.06 bits per heavy atom. The molecule has 3 aromatic rings. The summed E-state index contributed by atoms with van der Waals surface area (Å²) in [5.41, 5.74) is 2.88. The summed E-state index contributed by atoms with van der Waals surface area (Å²) in [6, 6.07) is 14.3. The largest absolute Gasteiger partial charge is 0.341 e. The molecule has 0 N–H and O–H groups in total. The number of nitrogens with zero attached hydrogens (tertiary/aromatic N) is 4. The van der Waals surface area contributed by atoms with Crippen LogP contribution >= 0.6 is 0 Å². The molecule has 0 radical (unpaired) electrons. The van der Waals surface area contributed by atoms with Crippen LogP contribution in [0, 0.1) is 11.7 Å². The Labute approximate surface area is 193 Å². The number of carbonyl (C=O) groups is 2. The molecule has 7 heteroatoms. The van der Waals surface area contributed by atoms with Gasteiger partial charge < -0.3 is 14.4 Å². The van der Waals surface area contributed by atoms with Crippen LogP contribution in [0.15, 0.2) is 61.1 Å². The second kappa shape index (κ2) is 9.98. The molecule has 2 aromatic carbocycles. The van der Waals surface area contributed by atoms with Crippen LogP contribution in [-0.4, -0.2) is 57.3 Å². The number of benzene rings is 2. The molecule has 1 fully saturated rings. The molecule has 172 valence electrons.